The van der Waals surface area contributed by atoms with Crippen LogP contribution >= 0.6 is 0 Å². The minimum Gasteiger partial charge on any atom is -0.444 e. The van der Waals surface area contributed by atoms with E-state index < -0.39 is 29.3 Å². The van der Waals surface area contributed by atoms with E-state index >= 15 is 0 Å². The molecule has 1 aliphatic rings. The molecule has 3 rings (SSSR count). The fourth-order valence-corrected chi connectivity index (χ4v) is 4.06. The van der Waals surface area contributed by atoms with Crippen molar-refractivity contribution in [3.63, 3.8) is 0 Å². The van der Waals surface area contributed by atoms with Crippen molar-refractivity contribution in [2.24, 2.45) is 0 Å². The molecule has 36 heavy (non-hydrogen) atoms. The van der Waals surface area contributed by atoms with Crippen LogP contribution in [0.1, 0.15) is 71.6 Å². The molecule has 2 aromatic carbocycles. The molecule has 2 aromatic rings. The Kier molecular flexibility index (Phi) is 8.43. The maximum Gasteiger partial charge on any atom is 0.408 e. The molecule has 1 saturated carbocycles. The number of alkyl carbamates (subject to hydrolysis) is 1. The molecule has 2 unspecified atom stereocenters. The van der Waals surface area contributed by atoms with Crippen LogP contribution in [-0.4, -0.2) is 46.0 Å². The molecule has 0 radical (unpaired) electrons. The van der Waals surface area contributed by atoms with Gasteiger partial charge in [-0.1, -0.05) is 60.7 Å². The molecule has 0 spiro atoms. The Balaban J connectivity index is 1.98. The lowest BCUT2D eigenvalue weighted by Gasteiger charge is -2.36. The van der Waals surface area contributed by atoms with E-state index in [0.717, 1.165) is 24.0 Å². The van der Waals surface area contributed by atoms with Crippen LogP contribution in [0.4, 0.5) is 4.79 Å². The number of ether oxygens (including phenoxy) is 1. The van der Waals surface area contributed by atoms with Gasteiger partial charge in [0, 0.05) is 18.0 Å². The maximum atomic E-state index is 14.2. The van der Waals surface area contributed by atoms with Crippen molar-refractivity contribution in [3.8, 4) is 0 Å². The van der Waals surface area contributed by atoms with E-state index in [4.69, 9.17) is 4.74 Å². The predicted octanol–water partition coefficient (Wildman–Crippen LogP) is 4.77. The number of hydrogen-bond acceptors (Lipinski definition) is 4. The van der Waals surface area contributed by atoms with Crippen LogP contribution < -0.4 is 10.6 Å². The van der Waals surface area contributed by atoms with Crippen molar-refractivity contribution in [1.29, 1.82) is 0 Å². The van der Waals surface area contributed by atoms with Crippen molar-refractivity contribution in [2.45, 2.75) is 90.1 Å². The lowest BCUT2D eigenvalue weighted by Crippen LogP contribution is -2.55. The highest BCUT2D eigenvalue weighted by atomic mass is 16.6. The first-order valence-electron chi connectivity index (χ1n) is 12.6. The van der Waals surface area contributed by atoms with Gasteiger partial charge in [0.2, 0.25) is 11.8 Å². The molecule has 3 amide bonds. The quantitative estimate of drug-likeness (QED) is 0.555. The number of nitrogens with one attached hydrogen (secondary N) is 2. The average Bonchev–Trinajstić information content (AvgIpc) is 3.60. The summed E-state index contributed by atoms with van der Waals surface area (Å²) in [4.78, 5) is 42.2. The number of carbonyl (C=O) groups excluding carboxylic acids is 3. The van der Waals surface area contributed by atoms with Crippen molar-refractivity contribution in [1.82, 2.24) is 15.5 Å². The van der Waals surface area contributed by atoms with Gasteiger partial charge in [0.15, 0.2) is 0 Å². The summed E-state index contributed by atoms with van der Waals surface area (Å²) in [6.45, 7) is 11.1. The Morgan fingerprint density at radius 1 is 0.917 bits per heavy atom. The molecular formula is C29H39N3O4. The van der Waals surface area contributed by atoms with E-state index in [1.54, 1.807) is 25.7 Å². The van der Waals surface area contributed by atoms with Gasteiger partial charge in [-0.2, -0.15) is 0 Å². The van der Waals surface area contributed by atoms with Crippen molar-refractivity contribution in [3.05, 3.63) is 71.8 Å². The fourth-order valence-electron chi connectivity index (χ4n) is 4.06. The topological polar surface area (TPSA) is 87.7 Å². The Morgan fingerprint density at radius 3 is 1.97 bits per heavy atom. The molecule has 194 valence electrons. The second-order valence-electron chi connectivity index (χ2n) is 11.4. The molecule has 0 bridgehead atoms. The molecule has 0 saturated heterocycles. The molecule has 2 atom stereocenters. The third kappa shape index (κ3) is 8.11. The van der Waals surface area contributed by atoms with Gasteiger partial charge >= 0.3 is 6.09 Å². The summed E-state index contributed by atoms with van der Waals surface area (Å²) >= 11 is 0. The van der Waals surface area contributed by atoms with Gasteiger partial charge in [-0.05, 0) is 65.5 Å². The third-order valence-corrected chi connectivity index (χ3v) is 5.61. The smallest absolute Gasteiger partial charge is 0.408 e. The Morgan fingerprint density at radius 2 is 1.47 bits per heavy atom. The second-order valence-corrected chi connectivity index (χ2v) is 11.4. The number of carbonyl (C=O) groups is 3. The largest absolute Gasteiger partial charge is 0.444 e. The molecule has 0 aromatic heterocycles. The van der Waals surface area contributed by atoms with E-state index in [-0.39, 0.29) is 24.3 Å². The van der Waals surface area contributed by atoms with Gasteiger partial charge in [-0.25, -0.2) is 4.79 Å². The Labute approximate surface area is 214 Å². The van der Waals surface area contributed by atoms with Crippen molar-refractivity contribution in [2.75, 3.05) is 0 Å². The minimum absolute atomic E-state index is 0.0767. The number of amides is 3. The summed E-state index contributed by atoms with van der Waals surface area (Å²) in [5.74, 6) is -0.546. The van der Waals surface area contributed by atoms with Crippen LogP contribution in [0.25, 0.3) is 0 Å². The number of rotatable bonds is 8. The van der Waals surface area contributed by atoms with Crippen LogP contribution in [-0.2, 0) is 20.7 Å². The minimum atomic E-state index is -0.892. The molecule has 7 heteroatoms. The fraction of sp³-hybridized carbons (Fsp3) is 0.483. The van der Waals surface area contributed by atoms with Crippen LogP contribution in [0.3, 0.4) is 0 Å². The zero-order valence-electron chi connectivity index (χ0n) is 22.2. The normalized spacial score (nSPS) is 15.4. The lowest BCUT2D eigenvalue weighted by atomic mass is 9.99. The van der Waals surface area contributed by atoms with Crippen LogP contribution in [0, 0.1) is 0 Å². The van der Waals surface area contributed by atoms with Gasteiger partial charge in [0.05, 0.1) is 0 Å². The highest BCUT2D eigenvalue weighted by Gasteiger charge is 2.44. The Hall–Kier alpha value is -3.35. The number of nitrogens with zero attached hydrogens (tertiary/aromatic N) is 1. The van der Waals surface area contributed by atoms with Gasteiger partial charge in [-0.15, -0.1) is 0 Å². The zero-order valence-corrected chi connectivity index (χ0v) is 22.2. The summed E-state index contributed by atoms with van der Waals surface area (Å²) < 4.78 is 5.47. The Bertz CT molecular complexity index is 1040. The number of hydrogen-bond donors (Lipinski definition) is 2. The SMILES string of the molecule is CC(C)(C)NC(=O)C(c1ccccc1)N(C(=O)C(Cc1ccccc1)NC(=O)OC(C)(C)C)C1CC1. The van der Waals surface area contributed by atoms with Gasteiger partial charge in [0.25, 0.3) is 0 Å². The van der Waals surface area contributed by atoms with Gasteiger partial charge < -0.3 is 20.3 Å². The van der Waals surface area contributed by atoms with E-state index in [1.165, 1.54) is 0 Å². The standard InChI is InChI=1S/C29H39N3O4/c1-28(2,3)31-25(33)24(21-15-11-8-12-16-21)32(22-17-18-22)26(34)23(19-20-13-9-7-10-14-20)30-27(35)36-29(4,5)6/h7-16,22-24H,17-19H2,1-6H3,(H,30,35)(H,31,33). The average molecular weight is 494 g/mol. The van der Waals surface area contributed by atoms with Crippen LogP contribution in [0.15, 0.2) is 60.7 Å². The van der Waals surface area contributed by atoms with Crippen molar-refractivity contribution < 1.29 is 19.1 Å². The first kappa shape index (κ1) is 27.2. The van der Waals surface area contributed by atoms with E-state index in [1.807, 2.05) is 81.4 Å². The molecule has 0 aliphatic heterocycles. The van der Waals surface area contributed by atoms with Gasteiger partial charge in [0.1, 0.15) is 17.7 Å². The lowest BCUT2D eigenvalue weighted by molar-refractivity contribution is -0.143. The summed E-state index contributed by atoms with van der Waals surface area (Å²) in [6.07, 6.45) is 1.23. The number of benzene rings is 2. The predicted molar refractivity (Wildman–Crippen MR) is 140 cm³/mol. The maximum absolute atomic E-state index is 14.2. The zero-order chi connectivity index (χ0) is 26.5. The molecular weight excluding hydrogens is 454 g/mol. The highest BCUT2D eigenvalue weighted by molar-refractivity contribution is 5.93. The molecule has 7 nitrogen and oxygen atoms in total. The third-order valence-electron chi connectivity index (χ3n) is 5.61. The van der Waals surface area contributed by atoms with E-state index in [2.05, 4.69) is 10.6 Å². The van der Waals surface area contributed by atoms with Crippen LogP contribution in [0.2, 0.25) is 0 Å². The summed E-state index contributed by atoms with van der Waals surface area (Å²) in [6, 6.07) is 17.1. The van der Waals surface area contributed by atoms with Crippen LogP contribution in [0.5, 0.6) is 0 Å². The summed E-state index contributed by atoms with van der Waals surface area (Å²) in [5, 5.41) is 5.85. The molecule has 2 N–H and O–H groups in total. The van der Waals surface area contributed by atoms with E-state index in [9.17, 15) is 14.4 Å². The summed E-state index contributed by atoms with van der Waals surface area (Å²) in [5.41, 5.74) is 0.452. The van der Waals surface area contributed by atoms with Gasteiger partial charge in [-0.3, -0.25) is 9.59 Å². The second kappa shape index (κ2) is 11.1. The first-order valence-corrected chi connectivity index (χ1v) is 12.6. The molecule has 1 fully saturated rings. The molecule has 1 aliphatic carbocycles. The van der Waals surface area contributed by atoms with E-state index in [0.29, 0.717) is 0 Å². The van der Waals surface area contributed by atoms with Crippen molar-refractivity contribution >= 4 is 17.9 Å². The monoisotopic (exact) mass is 493 g/mol. The highest BCUT2D eigenvalue weighted by Crippen LogP contribution is 2.36. The summed E-state index contributed by atoms with van der Waals surface area (Å²) in [7, 11) is 0. The first-order chi connectivity index (χ1) is 16.8. The molecule has 0 heterocycles.